The Balaban J connectivity index is 1.17. The molecule has 2 aromatic carbocycles. The van der Waals surface area contributed by atoms with E-state index in [1.165, 1.54) is 11.1 Å². The van der Waals surface area contributed by atoms with Gasteiger partial charge in [-0.05, 0) is 47.9 Å². The summed E-state index contributed by atoms with van der Waals surface area (Å²) >= 11 is 0. The topological polar surface area (TPSA) is 64.7 Å². The van der Waals surface area contributed by atoms with E-state index in [-0.39, 0.29) is 10.8 Å². The van der Waals surface area contributed by atoms with E-state index in [9.17, 15) is 9.59 Å². The Kier molecular flexibility index (Phi) is 7.69. The van der Waals surface area contributed by atoms with Crippen LogP contribution in [0.3, 0.4) is 0 Å². The third-order valence-electron chi connectivity index (χ3n) is 7.33. The molecule has 2 unspecified atom stereocenters. The van der Waals surface area contributed by atoms with Crippen LogP contribution in [0, 0.1) is 10.8 Å². The molecule has 2 N–H and O–H groups in total. The molecule has 0 aromatic heterocycles. The van der Waals surface area contributed by atoms with Crippen molar-refractivity contribution in [2.45, 2.75) is 39.8 Å². The van der Waals surface area contributed by atoms with Crippen LogP contribution in [-0.4, -0.2) is 60.9 Å². The second-order valence-electron chi connectivity index (χ2n) is 10.9. The molecule has 2 atom stereocenters. The third kappa shape index (κ3) is 6.67. The molecule has 0 radical (unpaired) electrons. The van der Waals surface area contributed by atoms with Crippen LogP contribution >= 0.6 is 0 Å². The van der Waals surface area contributed by atoms with E-state index in [0.29, 0.717) is 13.1 Å². The van der Waals surface area contributed by atoms with Gasteiger partial charge >= 0.3 is 11.8 Å². The fraction of sp³-hybridized carbons (Fsp3) is 0.500. The highest BCUT2D eigenvalue weighted by Gasteiger charge is 2.36. The highest BCUT2D eigenvalue weighted by atomic mass is 16.2. The average molecular weight is 463 g/mol. The molecule has 2 saturated heterocycles. The smallest absolute Gasteiger partial charge is 0.309 e. The van der Waals surface area contributed by atoms with E-state index in [0.717, 1.165) is 52.1 Å². The van der Waals surface area contributed by atoms with Crippen LogP contribution in [0.25, 0.3) is 0 Å². The second-order valence-corrected chi connectivity index (χ2v) is 10.9. The van der Waals surface area contributed by atoms with Crippen LogP contribution in [-0.2, 0) is 22.7 Å². The van der Waals surface area contributed by atoms with Gasteiger partial charge in [0, 0.05) is 39.3 Å². The Morgan fingerprint density at radius 2 is 1.09 bits per heavy atom. The van der Waals surface area contributed by atoms with E-state index in [1.54, 1.807) is 0 Å². The lowest BCUT2D eigenvalue weighted by molar-refractivity contribution is -0.139. The lowest BCUT2D eigenvalue weighted by atomic mass is 9.89. The Hall–Kier alpha value is -2.70. The first-order chi connectivity index (χ1) is 16.3. The minimum atomic E-state index is -0.523. The van der Waals surface area contributed by atoms with Crippen LogP contribution in [0.1, 0.15) is 37.8 Å². The molecule has 34 heavy (non-hydrogen) atoms. The van der Waals surface area contributed by atoms with Gasteiger partial charge in [-0.1, -0.05) is 74.5 Å². The Morgan fingerprint density at radius 3 is 1.47 bits per heavy atom. The summed E-state index contributed by atoms with van der Waals surface area (Å²) in [5, 5.41) is 5.78. The van der Waals surface area contributed by atoms with Crippen molar-refractivity contribution in [3.63, 3.8) is 0 Å². The molecule has 0 spiro atoms. The number of hydrogen-bond donors (Lipinski definition) is 2. The molecule has 2 heterocycles. The molecular formula is C28H38N4O2. The lowest BCUT2D eigenvalue weighted by Gasteiger charge is -2.26. The van der Waals surface area contributed by atoms with E-state index in [1.807, 2.05) is 12.1 Å². The number of nitrogens with one attached hydrogen (secondary N) is 2. The van der Waals surface area contributed by atoms with Crippen LogP contribution in [0.5, 0.6) is 0 Å². The van der Waals surface area contributed by atoms with E-state index >= 15 is 0 Å². The summed E-state index contributed by atoms with van der Waals surface area (Å²) in [6.07, 6.45) is 2.02. The molecular weight excluding hydrogens is 424 g/mol. The van der Waals surface area contributed by atoms with Crippen molar-refractivity contribution in [3.8, 4) is 0 Å². The molecule has 0 bridgehead atoms. The van der Waals surface area contributed by atoms with Gasteiger partial charge in [0.1, 0.15) is 0 Å². The normalized spacial score (nSPS) is 25.4. The number of carbonyl (C=O) groups excluding carboxylic acids is 2. The molecule has 2 amide bonds. The van der Waals surface area contributed by atoms with Crippen LogP contribution in [0.2, 0.25) is 0 Å². The molecule has 2 fully saturated rings. The number of benzene rings is 2. The number of amides is 2. The molecule has 2 aromatic rings. The maximum absolute atomic E-state index is 12.5. The largest absolute Gasteiger partial charge is 0.347 e. The zero-order valence-corrected chi connectivity index (χ0v) is 20.6. The van der Waals surface area contributed by atoms with Crippen molar-refractivity contribution in [2.24, 2.45) is 10.8 Å². The quantitative estimate of drug-likeness (QED) is 0.592. The fourth-order valence-corrected chi connectivity index (χ4v) is 5.24. The van der Waals surface area contributed by atoms with Crippen molar-refractivity contribution in [3.05, 3.63) is 71.8 Å². The second kappa shape index (κ2) is 10.7. The van der Waals surface area contributed by atoms with Gasteiger partial charge in [0.25, 0.3) is 0 Å². The summed E-state index contributed by atoms with van der Waals surface area (Å²) in [5.41, 5.74) is 2.58. The van der Waals surface area contributed by atoms with Crippen LogP contribution in [0.4, 0.5) is 0 Å². The predicted octanol–water partition coefficient (Wildman–Crippen LogP) is 3.04. The molecule has 0 saturated carbocycles. The number of likely N-dealkylation sites (tertiary alicyclic amines) is 2. The van der Waals surface area contributed by atoms with Gasteiger partial charge in [0.05, 0.1) is 0 Å². The number of nitrogens with zero attached hydrogens (tertiary/aromatic N) is 2. The number of hydrogen-bond acceptors (Lipinski definition) is 4. The van der Waals surface area contributed by atoms with Crippen molar-refractivity contribution < 1.29 is 9.59 Å². The zero-order valence-electron chi connectivity index (χ0n) is 20.6. The fourth-order valence-electron chi connectivity index (χ4n) is 5.24. The first-order valence-electron chi connectivity index (χ1n) is 12.4. The molecule has 0 aliphatic carbocycles. The van der Waals surface area contributed by atoms with Crippen LogP contribution < -0.4 is 10.6 Å². The molecule has 6 nitrogen and oxygen atoms in total. The van der Waals surface area contributed by atoms with Crippen LogP contribution in [0.15, 0.2) is 60.7 Å². The molecule has 2 aliphatic rings. The highest BCUT2D eigenvalue weighted by Crippen LogP contribution is 2.31. The number of rotatable bonds is 8. The summed E-state index contributed by atoms with van der Waals surface area (Å²) in [6.45, 7) is 11.1. The molecule has 182 valence electrons. The Bertz CT molecular complexity index is 887. The maximum Gasteiger partial charge on any atom is 0.309 e. The maximum atomic E-state index is 12.5. The summed E-state index contributed by atoms with van der Waals surface area (Å²) in [6, 6.07) is 20.9. The highest BCUT2D eigenvalue weighted by molar-refractivity contribution is 6.35. The summed E-state index contributed by atoms with van der Waals surface area (Å²) in [7, 11) is 0. The minimum absolute atomic E-state index is 0.0138. The third-order valence-corrected chi connectivity index (χ3v) is 7.33. The average Bonchev–Trinajstić information content (AvgIpc) is 3.40. The summed E-state index contributed by atoms with van der Waals surface area (Å²) in [4.78, 5) is 29.8. The monoisotopic (exact) mass is 462 g/mol. The number of carbonyl (C=O) groups is 2. The summed E-state index contributed by atoms with van der Waals surface area (Å²) < 4.78 is 0. The molecule has 4 rings (SSSR count). The van der Waals surface area contributed by atoms with Gasteiger partial charge in [-0.25, -0.2) is 0 Å². The van der Waals surface area contributed by atoms with E-state index in [2.05, 4.69) is 82.8 Å². The van der Waals surface area contributed by atoms with E-state index < -0.39 is 11.8 Å². The van der Waals surface area contributed by atoms with Gasteiger partial charge < -0.3 is 10.6 Å². The lowest BCUT2D eigenvalue weighted by Crippen LogP contribution is -2.47. The first kappa shape index (κ1) is 24.4. The summed E-state index contributed by atoms with van der Waals surface area (Å²) in [5.74, 6) is -1.05. The van der Waals surface area contributed by atoms with E-state index in [4.69, 9.17) is 0 Å². The van der Waals surface area contributed by atoms with Crippen molar-refractivity contribution >= 4 is 11.8 Å². The Labute approximate surface area is 203 Å². The first-order valence-corrected chi connectivity index (χ1v) is 12.4. The van der Waals surface area contributed by atoms with Crippen molar-refractivity contribution in [2.75, 3.05) is 39.3 Å². The predicted molar refractivity (Wildman–Crippen MR) is 135 cm³/mol. The zero-order chi connectivity index (χ0) is 24.0. The van der Waals surface area contributed by atoms with Crippen molar-refractivity contribution in [1.29, 1.82) is 0 Å². The molecule has 6 heteroatoms. The minimum Gasteiger partial charge on any atom is -0.347 e. The van der Waals surface area contributed by atoms with Crippen molar-refractivity contribution in [1.82, 2.24) is 20.4 Å². The SMILES string of the molecule is CC1(CNC(=O)C(=O)NCC2(C)CCN(Cc3ccccc3)C2)CCN(Cc2ccccc2)C1. The van der Waals surface area contributed by atoms with Gasteiger partial charge in [-0.2, -0.15) is 0 Å². The van der Waals surface area contributed by atoms with Gasteiger partial charge in [-0.15, -0.1) is 0 Å². The molecule has 2 aliphatic heterocycles. The van der Waals surface area contributed by atoms with Gasteiger partial charge in [-0.3, -0.25) is 19.4 Å². The van der Waals surface area contributed by atoms with Gasteiger partial charge in [0.2, 0.25) is 0 Å². The standard InChI is InChI=1S/C28H38N4O2/c1-27(13-15-31(21-27)17-23-9-5-3-6-10-23)19-29-25(33)26(34)30-20-28(2)14-16-32(22-28)18-24-11-7-4-8-12-24/h3-12H,13-22H2,1-2H3,(H,29,33)(H,30,34). The van der Waals surface area contributed by atoms with Gasteiger partial charge in [0.15, 0.2) is 0 Å². The Morgan fingerprint density at radius 1 is 0.706 bits per heavy atom.